The van der Waals surface area contributed by atoms with Gasteiger partial charge in [-0.15, -0.1) is 0 Å². The van der Waals surface area contributed by atoms with Crippen molar-refractivity contribution in [1.82, 2.24) is 0 Å². The van der Waals surface area contributed by atoms with E-state index in [1.807, 2.05) is 0 Å². The second-order valence-electron chi connectivity index (χ2n) is 0.429. The number of halogens is 4. The van der Waals surface area contributed by atoms with Gasteiger partial charge >= 0.3 is 106 Å². The van der Waals surface area contributed by atoms with E-state index in [9.17, 15) is 14.0 Å². The summed E-state index contributed by atoms with van der Waals surface area (Å²) in [5.41, 5.74) is 0. The molecule has 0 aliphatic carbocycles. The summed E-state index contributed by atoms with van der Waals surface area (Å²) < 4.78 is 39.5. The molecule has 0 atom stereocenters. The Hall–Kier alpha value is 3.54. The van der Waals surface area contributed by atoms with Crippen LogP contribution in [0.25, 0.3) is 0 Å². The Morgan fingerprint density at radius 3 is 0.875 bits per heavy atom. The van der Waals surface area contributed by atoms with Crippen molar-refractivity contribution >= 4 is 92.2 Å². The van der Waals surface area contributed by atoms with E-state index in [1.54, 1.807) is 0 Å². The molecule has 0 aliphatic heterocycles. The van der Waals surface area contributed by atoms with Crippen molar-refractivity contribution in [2.75, 3.05) is 0 Å². The van der Waals surface area contributed by atoms with E-state index in [1.165, 1.54) is 0 Å². The minimum atomic E-state index is -7.00. The molecule has 39 valence electrons. The maximum Gasteiger partial charge on any atom is 0 e. The van der Waals surface area contributed by atoms with Crippen LogP contribution in [0.1, 0.15) is 0 Å². The van der Waals surface area contributed by atoms with Crippen LogP contribution in [0, 0.1) is 0 Å². The van der Waals surface area contributed by atoms with Gasteiger partial charge in [0.15, 0.2) is 0 Å². The molecule has 0 saturated carbocycles. The molecule has 0 saturated heterocycles. The van der Waals surface area contributed by atoms with Crippen molar-refractivity contribution in [2.45, 2.75) is 0 Å². The minimum absolute atomic E-state index is 0. The van der Waals surface area contributed by atoms with Gasteiger partial charge in [0.05, 0.1) is 0 Å². The van der Waals surface area contributed by atoms with Crippen LogP contribution >= 0.6 is 0 Å². The molecule has 0 amide bonds. The predicted octanol–water partition coefficient (Wildman–Crippen LogP) is 0.000500. The van der Waals surface area contributed by atoms with Crippen molar-refractivity contribution < 1.29 is 39.8 Å². The zero-order valence-electron chi connectivity index (χ0n) is 2.59. The Morgan fingerprint density at radius 1 is 0.875 bits per heavy atom. The van der Waals surface area contributed by atoms with Crippen LogP contribution in [-0.2, 0) is 25.8 Å². The molecule has 0 nitrogen and oxygen atoms in total. The topological polar surface area (TPSA) is 0 Å². The van der Waals surface area contributed by atoms with Crippen molar-refractivity contribution in [2.24, 2.45) is 0 Å². The van der Waals surface area contributed by atoms with E-state index in [0.29, 0.717) is 0 Å². The van der Waals surface area contributed by atoms with E-state index in [-0.39, 0.29) is 103 Å². The molecule has 0 heterocycles. The fourth-order valence-electron chi connectivity index (χ4n) is 0. The van der Waals surface area contributed by atoms with Gasteiger partial charge in [0.25, 0.3) is 0 Å². The monoisotopic (exact) mass is 289 g/mol. The zero-order chi connectivity index (χ0) is 4.50. The Labute approximate surface area is 129 Å². The van der Waals surface area contributed by atoms with Crippen LogP contribution in [0.5, 0.6) is 0 Å². The molecule has 0 aromatic carbocycles. The van der Waals surface area contributed by atoms with Gasteiger partial charge < -0.3 is 0 Å². The van der Waals surface area contributed by atoms with Gasteiger partial charge in [-0.1, -0.05) is 0 Å². The predicted molar refractivity (Wildman–Crippen MR) is 24.5 cm³/mol. The van der Waals surface area contributed by atoms with Crippen molar-refractivity contribution in [3.63, 3.8) is 0 Å². The third-order valence-corrected chi connectivity index (χ3v) is 0. The number of hydrogen-bond acceptors (Lipinski definition) is 0. The molecule has 0 aromatic rings. The van der Waals surface area contributed by atoms with Crippen molar-refractivity contribution in [1.29, 1.82) is 0 Å². The molecule has 0 N–H and O–H groups in total. The molecule has 0 fully saturated rings. The maximum absolute atomic E-state index is 9.88. The smallest absolute Gasteiger partial charge is 0 e. The van der Waals surface area contributed by atoms with Crippen molar-refractivity contribution in [3.05, 3.63) is 0 Å². The minimum Gasteiger partial charge on any atom is 0 e. The standard InChI is InChI=1S/F4Ge.Li.Rb.Sc.2H/c1-5(2,3)4;;;;;. The van der Waals surface area contributed by atoms with E-state index in [0.717, 1.165) is 0 Å². The van der Waals surface area contributed by atoms with Gasteiger partial charge in [-0.05, 0) is 0 Å². The molecule has 8 heteroatoms. The second-order valence-corrected chi connectivity index (χ2v) is 2.23. The molecule has 0 unspecified atom stereocenters. The van der Waals surface area contributed by atoms with Gasteiger partial charge in [-0.3, -0.25) is 0 Å². The second kappa shape index (κ2) is 10.5. The summed E-state index contributed by atoms with van der Waals surface area (Å²) in [6.07, 6.45) is 0. The van der Waals surface area contributed by atoms with Gasteiger partial charge in [-0.2, -0.15) is 0 Å². The fourth-order valence-corrected chi connectivity index (χ4v) is 0. The maximum atomic E-state index is 9.88. The Bertz CT molecular complexity index is 31.5. The molecule has 0 aromatic heterocycles. The van der Waals surface area contributed by atoms with E-state index in [2.05, 4.69) is 0 Å². The van der Waals surface area contributed by atoms with Gasteiger partial charge in [0, 0.05) is 25.8 Å². The molecule has 0 rings (SSSR count). The fraction of sp³-hybridized carbons (Fsp3) is 0. The Morgan fingerprint density at radius 2 is 0.875 bits per heavy atom. The van der Waals surface area contributed by atoms with Gasteiger partial charge in [0.1, 0.15) is 0 Å². The first-order valence-electron chi connectivity index (χ1n) is 0.756. The first-order valence-corrected chi connectivity index (χ1v) is 3.93. The van der Waals surface area contributed by atoms with E-state index >= 15 is 0 Å². The summed E-state index contributed by atoms with van der Waals surface area (Å²) >= 11 is -7.00. The first-order chi connectivity index (χ1) is 2.00. The van der Waals surface area contributed by atoms with Gasteiger partial charge in [-0.25, -0.2) is 0 Å². The van der Waals surface area contributed by atoms with Crippen LogP contribution in [0.3, 0.4) is 0 Å². The summed E-state index contributed by atoms with van der Waals surface area (Å²) in [5.74, 6) is 0. The molecular weight excluding hydrogens is 286 g/mol. The third-order valence-electron chi connectivity index (χ3n) is 0. The molecule has 0 bridgehead atoms. The van der Waals surface area contributed by atoms with Gasteiger partial charge in [0.2, 0.25) is 0 Å². The van der Waals surface area contributed by atoms with Crippen LogP contribution in [0.2, 0.25) is 0 Å². The summed E-state index contributed by atoms with van der Waals surface area (Å²) in [5, 5.41) is 0. The first kappa shape index (κ1) is 22.5. The third kappa shape index (κ3) is 55.6. The Balaban J connectivity index is -0.0000000267. The molecule has 0 aliphatic rings. The van der Waals surface area contributed by atoms with E-state index in [4.69, 9.17) is 0 Å². The van der Waals surface area contributed by atoms with Crippen LogP contribution in [0.15, 0.2) is 0 Å². The normalized spacial score (nSPS) is 7.50. The zero-order valence-corrected chi connectivity index (χ0v) is 6.49. The SMILES string of the molecule is [F][Ge]([F])([F])[F].[LiH].[RbH].[Sc]. The van der Waals surface area contributed by atoms with E-state index < -0.39 is 15.1 Å². The molecule has 8 heavy (non-hydrogen) atoms. The van der Waals surface area contributed by atoms with Crippen LogP contribution in [0.4, 0.5) is 14.0 Å². The summed E-state index contributed by atoms with van der Waals surface area (Å²) in [6.45, 7) is 0. The number of hydrogen-bond donors (Lipinski definition) is 0. The van der Waals surface area contributed by atoms with Crippen LogP contribution in [-0.4, -0.2) is 92.2 Å². The average Bonchev–Trinajstić information content (AvgIpc) is 0.722. The number of rotatable bonds is 0. The summed E-state index contributed by atoms with van der Waals surface area (Å²) in [6, 6.07) is 0. The quantitative estimate of drug-likeness (QED) is 0.435. The molecule has 1 radical (unpaired) electrons. The van der Waals surface area contributed by atoms with Crippen molar-refractivity contribution in [3.8, 4) is 0 Å². The summed E-state index contributed by atoms with van der Waals surface area (Å²) in [7, 11) is 0. The average molecular weight is 288 g/mol. The summed E-state index contributed by atoms with van der Waals surface area (Å²) in [4.78, 5) is 0. The van der Waals surface area contributed by atoms with Crippen LogP contribution < -0.4 is 0 Å². The largest absolute Gasteiger partial charge is 0 e. The molecule has 0 spiro atoms. The Kier molecular flexibility index (Phi) is 29.7. The molecular formula is H2F4GeLiRbSc.